The number of likely N-dealkylation sites (N-methyl/N-ethyl adjacent to an activating group) is 1. The Morgan fingerprint density at radius 3 is 2.94 bits per heavy atom. The molecule has 18 heavy (non-hydrogen) atoms. The van der Waals surface area contributed by atoms with E-state index in [1.54, 1.807) is 0 Å². The maximum Gasteiger partial charge on any atom is 0.310 e. The van der Waals surface area contributed by atoms with Crippen molar-refractivity contribution in [2.24, 2.45) is 13.0 Å². The smallest absolute Gasteiger partial charge is 0.310 e. The summed E-state index contributed by atoms with van der Waals surface area (Å²) >= 11 is 0. The van der Waals surface area contributed by atoms with Crippen LogP contribution in [0.1, 0.15) is 11.4 Å². The highest BCUT2D eigenvalue weighted by atomic mass is 16.5. The fourth-order valence-electron chi connectivity index (χ4n) is 2.40. The zero-order valence-corrected chi connectivity index (χ0v) is 11.0. The van der Waals surface area contributed by atoms with Gasteiger partial charge in [0.2, 0.25) is 0 Å². The molecule has 2 atom stereocenters. The third-order valence-corrected chi connectivity index (χ3v) is 3.44. The van der Waals surface area contributed by atoms with Crippen molar-refractivity contribution in [1.82, 2.24) is 14.7 Å². The zero-order valence-electron chi connectivity index (χ0n) is 11.0. The zero-order chi connectivity index (χ0) is 13.3. The van der Waals surface area contributed by atoms with Crippen molar-refractivity contribution in [1.29, 1.82) is 0 Å². The van der Waals surface area contributed by atoms with Crippen LogP contribution in [0.3, 0.4) is 0 Å². The summed E-state index contributed by atoms with van der Waals surface area (Å²) < 4.78 is 7.11. The molecule has 6 heteroatoms. The second-order valence-electron chi connectivity index (χ2n) is 4.87. The Morgan fingerprint density at radius 1 is 1.67 bits per heavy atom. The lowest BCUT2D eigenvalue weighted by Crippen LogP contribution is -2.40. The van der Waals surface area contributed by atoms with Crippen LogP contribution >= 0.6 is 0 Å². The molecule has 1 aromatic rings. The van der Waals surface area contributed by atoms with Crippen molar-refractivity contribution in [2.75, 3.05) is 20.3 Å². The molecule has 0 bridgehead atoms. The molecule has 1 N–H and O–H groups in total. The van der Waals surface area contributed by atoms with Gasteiger partial charge in [-0.2, -0.15) is 5.10 Å². The third kappa shape index (κ3) is 2.54. The fraction of sp³-hybridized carbons (Fsp3) is 0.667. The van der Waals surface area contributed by atoms with Crippen LogP contribution in [0.25, 0.3) is 0 Å². The summed E-state index contributed by atoms with van der Waals surface area (Å²) in [5.41, 5.74) is 2.05. The average Bonchev–Trinajstić information content (AvgIpc) is 2.86. The van der Waals surface area contributed by atoms with E-state index in [9.17, 15) is 4.79 Å². The Kier molecular flexibility index (Phi) is 3.68. The van der Waals surface area contributed by atoms with Gasteiger partial charge < -0.3 is 9.84 Å². The highest BCUT2D eigenvalue weighted by Gasteiger charge is 2.36. The van der Waals surface area contributed by atoms with Gasteiger partial charge in [0, 0.05) is 19.6 Å². The van der Waals surface area contributed by atoms with Gasteiger partial charge in [-0.1, -0.05) is 0 Å². The first-order valence-electron chi connectivity index (χ1n) is 5.99. The lowest BCUT2D eigenvalue weighted by molar-refractivity contribution is -0.143. The molecule has 2 unspecified atom stereocenters. The first-order chi connectivity index (χ1) is 8.49. The second-order valence-corrected chi connectivity index (χ2v) is 4.87. The summed E-state index contributed by atoms with van der Waals surface area (Å²) in [6.07, 6.45) is 0. The number of carboxylic acid groups (broad SMARTS) is 1. The molecule has 1 aliphatic heterocycles. The Bertz CT molecular complexity index is 444. The van der Waals surface area contributed by atoms with Crippen LogP contribution in [0.15, 0.2) is 6.07 Å². The topological polar surface area (TPSA) is 67.6 Å². The van der Waals surface area contributed by atoms with E-state index >= 15 is 0 Å². The molecule has 100 valence electrons. The van der Waals surface area contributed by atoms with Gasteiger partial charge in [-0.05, 0) is 20.0 Å². The van der Waals surface area contributed by atoms with Gasteiger partial charge in [0.25, 0.3) is 0 Å². The van der Waals surface area contributed by atoms with Crippen LogP contribution < -0.4 is 0 Å². The first kappa shape index (κ1) is 13.0. The third-order valence-electron chi connectivity index (χ3n) is 3.44. The minimum atomic E-state index is -0.787. The van der Waals surface area contributed by atoms with Crippen molar-refractivity contribution in [3.8, 4) is 0 Å². The molecule has 6 nitrogen and oxygen atoms in total. The van der Waals surface area contributed by atoms with Gasteiger partial charge >= 0.3 is 5.97 Å². The number of hydrogen-bond donors (Lipinski definition) is 1. The number of aryl methyl sites for hydroxylation is 2. The number of aromatic nitrogens is 2. The lowest BCUT2D eigenvalue weighted by Gasteiger charge is -2.25. The molecule has 1 aliphatic rings. The fourth-order valence-corrected chi connectivity index (χ4v) is 2.40. The molecule has 1 aromatic heterocycles. The monoisotopic (exact) mass is 253 g/mol. The standard InChI is InChI=1S/C12H19N3O3/c1-8-4-9(15(3)13-8)5-14(2)11-7-18-6-10(11)12(16)17/h4,10-11H,5-7H2,1-3H3,(H,16,17). The summed E-state index contributed by atoms with van der Waals surface area (Å²) in [4.78, 5) is 13.1. The van der Waals surface area contributed by atoms with E-state index in [0.717, 1.165) is 11.4 Å². The molecule has 1 fully saturated rings. The number of ether oxygens (including phenoxy) is 1. The van der Waals surface area contributed by atoms with E-state index < -0.39 is 11.9 Å². The Balaban J connectivity index is 2.05. The second kappa shape index (κ2) is 5.07. The maximum atomic E-state index is 11.1. The minimum Gasteiger partial charge on any atom is -0.481 e. The van der Waals surface area contributed by atoms with Gasteiger partial charge in [-0.25, -0.2) is 0 Å². The van der Waals surface area contributed by atoms with Gasteiger partial charge in [-0.15, -0.1) is 0 Å². The molecule has 0 amide bonds. The number of carboxylic acids is 1. The van der Waals surface area contributed by atoms with Crippen LogP contribution in [0.2, 0.25) is 0 Å². The summed E-state index contributed by atoms with van der Waals surface area (Å²) in [6.45, 7) is 3.40. The lowest BCUT2D eigenvalue weighted by atomic mass is 10.0. The summed E-state index contributed by atoms with van der Waals surface area (Å²) in [7, 11) is 3.83. The van der Waals surface area contributed by atoms with Crippen molar-refractivity contribution in [2.45, 2.75) is 19.5 Å². The number of hydrogen-bond acceptors (Lipinski definition) is 4. The van der Waals surface area contributed by atoms with Crippen LogP contribution in [-0.2, 0) is 23.1 Å². The molecular formula is C12H19N3O3. The van der Waals surface area contributed by atoms with E-state index in [1.807, 2.05) is 36.7 Å². The Labute approximate surface area is 106 Å². The predicted octanol–water partition coefficient (Wildman–Crippen LogP) is 0.260. The van der Waals surface area contributed by atoms with Gasteiger partial charge in [0.15, 0.2) is 0 Å². The molecule has 0 spiro atoms. The van der Waals surface area contributed by atoms with Crippen LogP contribution in [-0.4, -0.2) is 52.1 Å². The summed E-state index contributed by atoms with van der Waals surface area (Å²) in [6, 6.07) is 1.94. The van der Waals surface area contributed by atoms with E-state index in [0.29, 0.717) is 19.8 Å². The molecule has 0 aromatic carbocycles. The van der Waals surface area contributed by atoms with Crippen LogP contribution in [0, 0.1) is 12.8 Å². The first-order valence-corrected chi connectivity index (χ1v) is 5.99. The van der Waals surface area contributed by atoms with Crippen molar-refractivity contribution in [3.05, 3.63) is 17.5 Å². The number of carbonyl (C=O) groups is 1. The van der Waals surface area contributed by atoms with E-state index in [2.05, 4.69) is 5.10 Å². The highest BCUT2D eigenvalue weighted by molar-refractivity contribution is 5.71. The van der Waals surface area contributed by atoms with E-state index in [-0.39, 0.29) is 6.04 Å². The highest BCUT2D eigenvalue weighted by Crippen LogP contribution is 2.20. The molecule has 2 heterocycles. The van der Waals surface area contributed by atoms with E-state index in [1.165, 1.54) is 0 Å². The van der Waals surface area contributed by atoms with E-state index in [4.69, 9.17) is 9.84 Å². The average molecular weight is 253 g/mol. The van der Waals surface area contributed by atoms with Gasteiger partial charge in [0.1, 0.15) is 0 Å². The van der Waals surface area contributed by atoms with Gasteiger partial charge in [-0.3, -0.25) is 14.4 Å². The molecule has 0 radical (unpaired) electrons. The van der Waals surface area contributed by atoms with Crippen molar-refractivity contribution >= 4 is 5.97 Å². The maximum absolute atomic E-state index is 11.1. The van der Waals surface area contributed by atoms with Gasteiger partial charge in [0.05, 0.1) is 30.5 Å². The quantitative estimate of drug-likeness (QED) is 0.833. The molecule has 1 saturated heterocycles. The van der Waals surface area contributed by atoms with Crippen LogP contribution in [0.4, 0.5) is 0 Å². The van der Waals surface area contributed by atoms with Crippen LogP contribution in [0.5, 0.6) is 0 Å². The van der Waals surface area contributed by atoms with Crippen molar-refractivity contribution < 1.29 is 14.6 Å². The normalized spacial score (nSPS) is 23.8. The predicted molar refractivity (Wildman–Crippen MR) is 65.1 cm³/mol. The summed E-state index contributed by atoms with van der Waals surface area (Å²) in [5.74, 6) is -1.23. The molecule has 0 aliphatic carbocycles. The number of rotatable bonds is 4. The largest absolute Gasteiger partial charge is 0.481 e. The SMILES string of the molecule is Cc1cc(CN(C)C2COCC2C(=O)O)n(C)n1. The number of nitrogens with zero attached hydrogens (tertiary/aromatic N) is 3. The Hall–Kier alpha value is -1.40. The molecule has 0 saturated carbocycles. The summed E-state index contributed by atoms with van der Waals surface area (Å²) in [5, 5.41) is 13.4. The minimum absolute atomic E-state index is 0.0716. The Morgan fingerprint density at radius 2 is 2.39 bits per heavy atom. The molecular weight excluding hydrogens is 234 g/mol. The molecule has 2 rings (SSSR count). The number of aliphatic carboxylic acids is 1. The van der Waals surface area contributed by atoms with Crippen molar-refractivity contribution in [3.63, 3.8) is 0 Å².